The van der Waals surface area contributed by atoms with Crippen LogP contribution in [0.1, 0.15) is 93.4 Å². The van der Waals surface area contributed by atoms with E-state index in [0.29, 0.717) is 45.1 Å². The molecule has 0 rings (SSSR count). The number of carboxylic acids is 2. The highest BCUT2D eigenvalue weighted by molar-refractivity contribution is 5.88. The third kappa shape index (κ3) is 17.9. The second-order valence-electron chi connectivity index (χ2n) is 13.6. The fraction of sp³-hybridized carbons (Fsp3) is 0.828. The van der Waals surface area contributed by atoms with Crippen molar-refractivity contribution in [2.75, 3.05) is 26.7 Å². The zero-order valence-electron chi connectivity index (χ0n) is 26.7. The number of carboxylic acid groups (broad SMARTS) is 2. The number of aliphatic hydroxyl groups excluding tert-OH is 1. The lowest BCUT2D eigenvalue weighted by Crippen LogP contribution is -2.53. The summed E-state index contributed by atoms with van der Waals surface area (Å²) in [6.45, 7) is 13.2. The predicted octanol–water partition coefficient (Wildman–Crippen LogP) is 0.993. The number of hydrogen-bond acceptors (Lipinski definition) is 8. The van der Waals surface area contributed by atoms with E-state index in [9.17, 15) is 34.2 Å². The number of unbranched alkanes of at least 4 members (excludes halogenated alkanes) is 1. The van der Waals surface area contributed by atoms with Crippen LogP contribution in [0.5, 0.6) is 0 Å². The number of rotatable bonds is 21. The van der Waals surface area contributed by atoms with Crippen molar-refractivity contribution in [2.24, 2.45) is 10.8 Å². The van der Waals surface area contributed by atoms with Gasteiger partial charge < -0.3 is 36.6 Å². The molecule has 0 aliphatic rings. The normalized spacial score (nSPS) is 14.4. The Morgan fingerprint density at radius 2 is 1.33 bits per heavy atom. The minimum absolute atomic E-state index is 0.0126. The maximum atomic E-state index is 12.7. The number of nitrogens with one attached hydrogen (secondary N) is 5. The molecule has 0 saturated carbocycles. The van der Waals surface area contributed by atoms with Crippen LogP contribution in [-0.4, -0.2) is 95.4 Å². The van der Waals surface area contributed by atoms with Gasteiger partial charge in [0.15, 0.2) is 0 Å². The molecular formula is C29H55N5O8. The van der Waals surface area contributed by atoms with Gasteiger partial charge in [-0.15, -0.1) is 0 Å². The molecule has 0 bridgehead atoms. The van der Waals surface area contributed by atoms with Gasteiger partial charge in [-0.05, 0) is 63.8 Å². The van der Waals surface area contributed by atoms with Gasteiger partial charge in [-0.3, -0.25) is 29.3 Å². The molecule has 13 heteroatoms. The van der Waals surface area contributed by atoms with E-state index in [1.54, 1.807) is 0 Å². The van der Waals surface area contributed by atoms with E-state index in [2.05, 4.69) is 26.6 Å². The van der Waals surface area contributed by atoms with Crippen molar-refractivity contribution in [1.82, 2.24) is 26.6 Å². The first kappa shape index (κ1) is 39.2. The van der Waals surface area contributed by atoms with Crippen LogP contribution in [0.3, 0.4) is 0 Å². The Kier molecular flexibility index (Phi) is 16.8. The number of aliphatic carboxylic acids is 2. The van der Waals surface area contributed by atoms with Crippen molar-refractivity contribution in [3.8, 4) is 0 Å². The molecule has 0 aliphatic carbocycles. The van der Waals surface area contributed by atoms with Crippen LogP contribution >= 0.6 is 0 Å². The third-order valence-electron chi connectivity index (χ3n) is 6.82. The van der Waals surface area contributed by atoms with E-state index in [1.807, 2.05) is 48.5 Å². The first-order valence-corrected chi connectivity index (χ1v) is 14.6. The summed E-state index contributed by atoms with van der Waals surface area (Å²) in [4.78, 5) is 60.0. The summed E-state index contributed by atoms with van der Waals surface area (Å²) in [6.07, 6.45) is 3.35. The molecule has 0 heterocycles. The van der Waals surface area contributed by atoms with Crippen molar-refractivity contribution in [1.29, 1.82) is 0 Å². The van der Waals surface area contributed by atoms with Gasteiger partial charge in [0.2, 0.25) is 17.7 Å². The van der Waals surface area contributed by atoms with Gasteiger partial charge in [-0.25, -0.2) is 0 Å². The maximum absolute atomic E-state index is 12.7. The van der Waals surface area contributed by atoms with E-state index in [4.69, 9.17) is 5.11 Å². The highest BCUT2D eigenvalue weighted by atomic mass is 16.4. The summed E-state index contributed by atoms with van der Waals surface area (Å²) in [5, 5.41) is 41.9. The van der Waals surface area contributed by atoms with Crippen molar-refractivity contribution < 1.29 is 39.3 Å². The Morgan fingerprint density at radius 1 is 0.738 bits per heavy atom. The first-order chi connectivity index (χ1) is 19.2. The molecule has 0 saturated heterocycles. The number of carbonyl (C=O) groups is 5. The van der Waals surface area contributed by atoms with Crippen molar-refractivity contribution in [3.05, 3.63) is 0 Å². The molecule has 3 amide bonds. The Labute approximate surface area is 250 Å². The Hall–Kier alpha value is -2.77. The van der Waals surface area contributed by atoms with E-state index in [-0.39, 0.29) is 24.3 Å². The summed E-state index contributed by atoms with van der Waals surface area (Å²) in [5.41, 5.74) is -1.13. The molecule has 244 valence electrons. The van der Waals surface area contributed by atoms with Gasteiger partial charge in [0.25, 0.3) is 0 Å². The number of aliphatic hydroxyl groups is 1. The summed E-state index contributed by atoms with van der Waals surface area (Å²) >= 11 is 0. The molecule has 0 aromatic carbocycles. The van der Waals surface area contributed by atoms with E-state index in [1.165, 1.54) is 7.05 Å². The molecule has 8 N–H and O–H groups in total. The number of likely N-dealkylation sites (N-methyl/N-ethyl adjacent to an activating group) is 1. The molecule has 0 aliphatic heterocycles. The van der Waals surface area contributed by atoms with Gasteiger partial charge in [-0.2, -0.15) is 0 Å². The minimum Gasteiger partial charge on any atom is -0.480 e. The quantitative estimate of drug-likeness (QED) is 0.0876. The van der Waals surface area contributed by atoms with Crippen LogP contribution in [0, 0.1) is 10.8 Å². The lowest BCUT2D eigenvalue weighted by molar-refractivity contribution is -0.141. The molecule has 0 spiro atoms. The fourth-order valence-electron chi connectivity index (χ4n) is 4.30. The van der Waals surface area contributed by atoms with Crippen LogP contribution in [0.15, 0.2) is 0 Å². The van der Waals surface area contributed by atoms with Gasteiger partial charge in [0.1, 0.15) is 18.1 Å². The average molecular weight is 602 g/mol. The second-order valence-corrected chi connectivity index (χ2v) is 13.6. The van der Waals surface area contributed by atoms with E-state index >= 15 is 0 Å². The van der Waals surface area contributed by atoms with Crippen LogP contribution in [-0.2, 0) is 24.0 Å². The first-order valence-electron chi connectivity index (χ1n) is 14.6. The Balaban J connectivity index is 4.77. The monoisotopic (exact) mass is 601 g/mol. The zero-order valence-corrected chi connectivity index (χ0v) is 26.7. The van der Waals surface area contributed by atoms with Gasteiger partial charge in [0.05, 0.1) is 6.61 Å². The standard InChI is InChI=1S/C29H55N5O8/c1-27(2,3)15-22(36)31-14-10-9-11-19(25(39)40)34-29(6,7)13-12-28(4,5)16-23(37)33-21(18-35)24(38)32-17-20(30-8)26(41)42/h19-21,30,34-35H,9-18H2,1-8H3,(H,31,36)(H,32,38)(H,33,37)(H,39,40)(H,41,42)/t19-,20-,21?/m1/s1. The zero-order chi connectivity index (χ0) is 32.7. The van der Waals surface area contributed by atoms with Crippen molar-refractivity contribution >= 4 is 29.7 Å². The molecular weight excluding hydrogens is 546 g/mol. The van der Waals surface area contributed by atoms with Crippen molar-refractivity contribution in [3.63, 3.8) is 0 Å². The topological polar surface area (TPSA) is 206 Å². The van der Waals surface area contributed by atoms with E-state index < -0.39 is 59.4 Å². The second kappa shape index (κ2) is 18.0. The Bertz CT molecular complexity index is 901. The van der Waals surface area contributed by atoms with E-state index in [0.717, 1.165) is 0 Å². The highest BCUT2D eigenvalue weighted by Crippen LogP contribution is 2.30. The lowest BCUT2D eigenvalue weighted by Gasteiger charge is -2.34. The minimum atomic E-state index is -1.22. The molecule has 3 atom stereocenters. The lowest BCUT2D eigenvalue weighted by atomic mass is 9.80. The average Bonchev–Trinajstić information content (AvgIpc) is 2.83. The third-order valence-corrected chi connectivity index (χ3v) is 6.82. The summed E-state index contributed by atoms with van der Waals surface area (Å²) in [6, 6.07) is -2.99. The number of amides is 3. The largest absolute Gasteiger partial charge is 0.480 e. The summed E-state index contributed by atoms with van der Waals surface area (Å²) in [7, 11) is 1.44. The van der Waals surface area contributed by atoms with Crippen LogP contribution in [0.25, 0.3) is 0 Å². The van der Waals surface area contributed by atoms with Crippen LogP contribution < -0.4 is 26.6 Å². The maximum Gasteiger partial charge on any atom is 0.322 e. The summed E-state index contributed by atoms with van der Waals surface area (Å²) < 4.78 is 0. The molecule has 13 nitrogen and oxygen atoms in total. The van der Waals surface area contributed by atoms with Crippen molar-refractivity contribution in [2.45, 2.75) is 117 Å². The van der Waals surface area contributed by atoms with Gasteiger partial charge in [-0.1, -0.05) is 34.6 Å². The molecule has 42 heavy (non-hydrogen) atoms. The fourth-order valence-corrected chi connectivity index (χ4v) is 4.30. The Morgan fingerprint density at radius 3 is 1.83 bits per heavy atom. The number of carbonyl (C=O) groups excluding carboxylic acids is 3. The molecule has 0 fully saturated rings. The molecule has 0 aromatic rings. The smallest absolute Gasteiger partial charge is 0.322 e. The molecule has 1 unspecified atom stereocenters. The SMILES string of the molecule is CN[C@H](CNC(=O)C(CO)NC(=O)CC(C)(C)CCC(C)(C)N[C@H](CCCCNC(=O)CC(C)(C)C)C(=O)O)C(=O)O. The van der Waals surface area contributed by atoms with Crippen LogP contribution in [0.4, 0.5) is 0 Å². The highest BCUT2D eigenvalue weighted by Gasteiger charge is 2.31. The van der Waals surface area contributed by atoms with Gasteiger partial charge in [0, 0.05) is 31.5 Å². The summed E-state index contributed by atoms with van der Waals surface area (Å²) in [5.74, 6) is -3.24. The van der Waals surface area contributed by atoms with Gasteiger partial charge >= 0.3 is 11.9 Å². The number of hydrogen-bond donors (Lipinski definition) is 8. The van der Waals surface area contributed by atoms with Crippen LogP contribution in [0.2, 0.25) is 0 Å². The predicted molar refractivity (Wildman–Crippen MR) is 160 cm³/mol. The molecule has 0 aromatic heterocycles. The molecule has 0 radical (unpaired) electrons.